The van der Waals surface area contributed by atoms with Crippen molar-refractivity contribution in [2.75, 3.05) is 19.8 Å². The van der Waals surface area contributed by atoms with Gasteiger partial charge in [0, 0.05) is 19.8 Å². The molecule has 1 saturated heterocycles. The summed E-state index contributed by atoms with van der Waals surface area (Å²) in [4.78, 5) is 0. The minimum Gasteiger partial charge on any atom is -0.390 e. The molecule has 16 heavy (non-hydrogen) atoms. The van der Waals surface area contributed by atoms with E-state index in [0.717, 1.165) is 38.9 Å². The Balaban J connectivity index is 2.00. The van der Waals surface area contributed by atoms with E-state index in [2.05, 4.69) is 0 Å². The monoisotopic (exact) mass is 228 g/mol. The predicted molar refractivity (Wildman–Crippen MR) is 62.4 cm³/mol. The summed E-state index contributed by atoms with van der Waals surface area (Å²) in [5.74, 6) is 0.374. The molecule has 0 aromatic heterocycles. The predicted octanol–water partition coefficient (Wildman–Crippen LogP) is 2.12. The largest absolute Gasteiger partial charge is 0.390 e. The van der Waals surface area contributed by atoms with E-state index in [1.807, 2.05) is 6.92 Å². The lowest BCUT2D eigenvalue weighted by Gasteiger charge is -2.39. The highest BCUT2D eigenvalue weighted by Crippen LogP contribution is 2.40. The first-order valence-corrected chi connectivity index (χ1v) is 6.68. The quantitative estimate of drug-likeness (QED) is 0.801. The van der Waals surface area contributed by atoms with E-state index in [1.54, 1.807) is 0 Å². The third-order valence-electron chi connectivity index (χ3n) is 4.13. The maximum Gasteiger partial charge on any atom is 0.0942 e. The standard InChI is InChI=1S/C13H24O3/c1-2-16-13(7-3-4-8-13)12(14)11-5-9-15-10-6-11/h11-12,14H,2-10H2,1H3. The van der Waals surface area contributed by atoms with Crippen LogP contribution >= 0.6 is 0 Å². The van der Waals surface area contributed by atoms with Gasteiger partial charge in [0.1, 0.15) is 0 Å². The highest BCUT2D eigenvalue weighted by molar-refractivity contribution is 4.96. The lowest BCUT2D eigenvalue weighted by atomic mass is 9.81. The van der Waals surface area contributed by atoms with Gasteiger partial charge in [0.25, 0.3) is 0 Å². The molecule has 1 aliphatic heterocycles. The van der Waals surface area contributed by atoms with Gasteiger partial charge in [-0.25, -0.2) is 0 Å². The Hall–Kier alpha value is -0.120. The molecular formula is C13H24O3. The molecule has 1 aliphatic carbocycles. The molecule has 1 N–H and O–H groups in total. The zero-order valence-electron chi connectivity index (χ0n) is 10.3. The van der Waals surface area contributed by atoms with Crippen LogP contribution in [0.15, 0.2) is 0 Å². The zero-order chi connectivity index (χ0) is 11.4. The molecule has 2 fully saturated rings. The van der Waals surface area contributed by atoms with Crippen LogP contribution in [-0.2, 0) is 9.47 Å². The van der Waals surface area contributed by atoms with Gasteiger partial charge in [0.2, 0.25) is 0 Å². The van der Waals surface area contributed by atoms with Crippen LogP contribution in [0.2, 0.25) is 0 Å². The van der Waals surface area contributed by atoms with E-state index in [4.69, 9.17) is 9.47 Å². The van der Waals surface area contributed by atoms with Gasteiger partial charge in [-0.1, -0.05) is 12.8 Å². The second-order valence-corrected chi connectivity index (χ2v) is 5.10. The first kappa shape index (κ1) is 12.3. The highest BCUT2D eigenvalue weighted by Gasteiger charge is 2.44. The molecule has 1 unspecified atom stereocenters. The van der Waals surface area contributed by atoms with Gasteiger partial charge in [-0.15, -0.1) is 0 Å². The van der Waals surface area contributed by atoms with Gasteiger partial charge in [-0.05, 0) is 38.5 Å². The third-order valence-corrected chi connectivity index (χ3v) is 4.13. The van der Waals surface area contributed by atoms with Crippen molar-refractivity contribution in [1.82, 2.24) is 0 Å². The first-order chi connectivity index (χ1) is 7.78. The fraction of sp³-hybridized carbons (Fsp3) is 1.00. The second kappa shape index (κ2) is 5.48. The molecule has 0 bridgehead atoms. The van der Waals surface area contributed by atoms with Crippen molar-refractivity contribution >= 4 is 0 Å². The molecule has 1 heterocycles. The van der Waals surface area contributed by atoms with Crippen molar-refractivity contribution < 1.29 is 14.6 Å². The summed E-state index contributed by atoms with van der Waals surface area (Å²) in [5, 5.41) is 10.6. The number of aliphatic hydroxyl groups is 1. The summed E-state index contributed by atoms with van der Waals surface area (Å²) in [5.41, 5.74) is -0.239. The number of aliphatic hydroxyl groups excluding tert-OH is 1. The fourth-order valence-corrected chi connectivity index (χ4v) is 3.25. The first-order valence-electron chi connectivity index (χ1n) is 6.68. The minimum absolute atomic E-state index is 0.239. The highest BCUT2D eigenvalue weighted by atomic mass is 16.5. The zero-order valence-corrected chi connectivity index (χ0v) is 10.3. The lowest BCUT2D eigenvalue weighted by molar-refractivity contribution is -0.147. The van der Waals surface area contributed by atoms with Gasteiger partial charge in [-0.3, -0.25) is 0 Å². The van der Waals surface area contributed by atoms with Crippen LogP contribution in [0.1, 0.15) is 45.4 Å². The van der Waals surface area contributed by atoms with Crippen LogP contribution in [0, 0.1) is 5.92 Å². The number of hydrogen-bond acceptors (Lipinski definition) is 3. The molecule has 0 aromatic rings. The van der Waals surface area contributed by atoms with E-state index in [9.17, 15) is 5.11 Å². The summed E-state index contributed by atoms with van der Waals surface area (Å²) in [6.07, 6.45) is 6.12. The molecular weight excluding hydrogens is 204 g/mol. The number of ether oxygens (including phenoxy) is 2. The molecule has 1 atom stereocenters. The average molecular weight is 228 g/mol. The third kappa shape index (κ3) is 2.41. The van der Waals surface area contributed by atoms with Crippen molar-refractivity contribution in [1.29, 1.82) is 0 Å². The van der Waals surface area contributed by atoms with Gasteiger partial charge in [0.05, 0.1) is 11.7 Å². The van der Waals surface area contributed by atoms with Crippen LogP contribution in [-0.4, -0.2) is 36.6 Å². The lowest BCUT2D eigenvalue weighted by Crippen LogP contribution is -2.48. The Kier molecular flexibility index (Phi) is 4.22. The van der Waals surface area contributed by atoms with Gasteiger partial charge in [0.15, 0.2) is 0 Å². The van der Waals surface area contributed by atoms with E-state index in [0.29, 0.717) is 12.5 Å². The molecule has 3 nitrogen and oxygen atoms in total. The van der Waals surface area contributed by atoms with Crippen LogP contribution in [0.3, 0.4) is 0 Å². The van der Waals surface area contributed by atoms with Gasteiger partial charge >= 0.3 is 0 Å². The van der Waals surface area contributed by atoms with Gasteiger partial charge in [-0.2, -0.15) is 0 Å². The summed E-state index contributed by atoms with van der Waals surface area (Å²) in [6.45, 7) is 4.32. The Labute approximate surface area is 98.1 Å². The van der Waals surface area contributed by atoms with E-state index >= 15 is 0 Å². The average Bonchev–Trinajstić information content (AvgIpc) is 2.80. The summed E-state index contributed by atoms with van der Waals surface area (Å²) in [7, 11) is 0. The SMILES string of the molecule is CCOC1(C(O)C2CCOCC2)CCCC1. The minimum atomic E-state index is -0.293. The summed E-state index contributed by atoms with van der Waals surface area (Å²) in [6, 6.07) is 0. The molecule has 1 saturated carbocycles. The Morgan fingerprint density at radius 1 is 1.31 bits per heavy atom. The maximum absolute atomic E-state index is 10.6. The van der Waals surface area contributed by atoms with Crippen LogP contribution in [0.4, 0.5) is 0 Å². The normalized spacial score (nSPS) is 28.1. The van der Waals surface area contributed by atoms with Crippen molar-refractivity contribution in [2.24, 2.45) is 5.92 Å². The van der Waals surface area contributed by atoms with Crippen molar-refractivity contribution in [2.45, 2.75) is 57.2 Å². The molecule has 94 valence electrons. The van der Waals surface area contributed by atoms with E-state index in [-0.39, 0.29) is 11.7 Å². The maximum atomic E-state index is 10.6. The van der Waals surface area contributed by atoms with E-state index < -0.39 is 0 Å². The van der Waals surface area contributed by atoms with E-state index in [1.165, 1.54) is 12.8 Å². The molecule has 0 aromatic carbocycles. The van der Waals surface area contributed by atoms with Crippen molar-refractivity contribution in [3.05, 3.63) is 0 Å². The number of rotatable bonds is 4. The fourth-order valence-electron chi connectivity index (χ4n) is 3.25. The molecule has 0 amide bonds. The Bertz CT molecular complexity index is 205. The Morgan fingerprint density at radius 3 is 2.50 bits per heavy atom. The van der Waals surface area contributed by atoms with Crippen LogP contribution < -0.4 is 0 Å². The van der Waals surface area contributed by atoms with Gasteiger partial charge < -0.3 is 14.6 Å². The van der Waals surface area contributed by atoms with Crippen molar-refractivity contribution in [3.8, 4) is 0 Å². The molecule has 2 aliphatic rings. The smallest absolute Gasteiger partial charge is 0.0942 e. The second-order valence-electron chi connectivity index (χ2n) is 5.10. The molecule has 0 radical (unpaired) electrons. The Morgan fingerprint density at radius 2 is 1.94 bits per heavy atom. The number of hydrogen-bond donors (Lipinski definition) is 1. The topological polar surface area (TPSA) is 38.7 Å². The molecule has 3 heteroatoms. The molecule has 2 rings (SSSR count). The summed E-state index contributed by atoms with van der Waals surface area (Å²) >= 11 is 0. The van der Waals surface area contributed by atoms with Crippen LogP contribution in [0.5, 0.6) is 0 Å². The van der Waals surface area contributed by atoms with Crippen molar-refractivity contribution in [3.63, 3.8) is 0 Å². The molecule has 0 spiro atoms. The summed E-state index contributed by atoms with van der Waals surface area (Å²) < 4.78 is 11.3. The van der Waals surface area contributed by atoms with Crippen LogP contribution in [0.25, 0.3) is 0 Å².